The van der Waals surface area contributed by atoms with Crippen LogP contribution in [0.4, 0.5) is 0 Å². The second kappa shape index (κ2) is 6.94. The van der Waals surface area contributed by atoms with Gasteiger partial charge in [0.05, 0.1) is 0 Å². The molecule has 1 heteroatoms. The van der Waals surface area contributed by atoms with E-state index >= 15 is 0 Å². The number of hydrogen-bond acceptors (Lipinski definition) is 1. The van der Waals surface area contributed by atoms with Crippen molar-refractivity contribution in [2.75, 3.05) is 0 Å². The minimum atomic E-state index is 0.418. The molecule has 21 heavy (non-hydrogen) atoms. The normalized spacial score (nSPS) is 22.4. The van der Waals surface area contributed by atoms with Crippen molar-refractivity contribution in [2.45, 2.75) is 73.1 Å². The number of rotatable bonds is 6. The van der Waals surface area contributed by atoms with Gasteiger partial charge in [-0.2, -0.15) is 0 Å². The molecule has 0 N–H and O–H groups in total. The molecule has 0 aromatic carbocycles. The molecule has 0 amide bonds. The van der Waals surface area contributed by atoms with Crippen LogP contribution in [-0.2, 0) is 12.8 Å². The standard InChI is InChI=1S/C20H33N/c1-15(2)10-17-11-18(12-17)14-19-13-16(7-9-21-19)6-8-20(3,4)5/h7,9,13,15,17-18H,6,8,10-12,14H2,1-5H3. The van der Waals surface area contributed by atoms with Crippen LogP contribution in [0.15, 0.2) is 18.3 Å². The minimum absolute atomic E-state index is 0.418. The average molecular weight is 287 g/mol. The Morgan fingerprint density at radius 3 is 2.52 bits per heavy atom. The largest absolute Gasteiger partial charge is 0.261 e. The maximum Gasteiger partial charge on any atom is 0.0409 e. The summed E-state index contributed by atoms with van der Waals surface area (Å²) in [7, 11) is 0. The number of hydrogen-bond donors (Lipinski definition) is 0. The van der Waals surface area contributed by atoms with Gasteiger partial charge in [0, 0.05) is 11.9 Å². The summed E-state index contributed by atoms with van der Waals surface area (Å²) >= 11 is 0. The van der Waals surface area contributed by atoms with Crippen molar-refractivity contribution in [1.29, 1.82) is 0 Å². The second-order valence-corrected chi connectivity index (χ2v) is 8.75. The molecule has 1 fully saturated rings. The molecule has 0 bridgehead atoms. The van der Waals surface area contributed by atoms with E-state index in [0.29, 0.717) is 5.41 Å². The molecule has 1 aromatic rings. The Morgan fingerprint density at radius 1 is 1.19 bits per heavy atom. The lowest BCUT2D eigenvalue weighted by molar-refractivity contribution is 0.163. The van der Waals surface area contributed by atoms with Gasteiger partial charge in [-0.25, -0.2) is 0 Å². The number of pyridine rings is 1. The van der Waals surface area contributed by atoms with E-state index < -0.39 is 0 Å². The first-order valence-corrected chi connectivity index (χ1v) is 8.75. The molecule has 0 aliphatic heterocycles. The zero-order valence-corrected chi connectivity index (χ0v) is 14.7. The summed E-state index contributed by atoms with van der Waals surface area (Å²) in [5.41, 5.74) is 3.20. The van der Waals surface area contributed by atoms with Crippen LogP contribution < -0.4 is 0 Å². The van der Waals surface area contributed by atoms with E-state index in [0.717, 1.165) is 17.8 Å². The summed E-state index contributed by atoms with van der Waals surface area (Å²) in [6.45, 7) is 11.6. The highest BCUT2D eigenvalue weighted by Crippen LogP contribution is 2.39. The van der Waals surface area contributed by atoms with Crippen molar-refractivity contribution in [3.05, 3.63) is 29.6 Å². The third-order valence-electron chi connectivity index (χ3n) is 4.68. The topological polar surface area (TPSA) is 12.9 Å². The summed E-state index contributed by atoms with van der Waals surface area (Å²) in [5, 5.41) is 0. The molecule has 1 heterocycles. The maximum atomic E-state index is 4.59. The van der Waals surface area contributed by atoms with Crippen LogP contribution in [0.25, 0.3) is 0 Å². The highest BCUT2D eigenvalue weighted by atomic mass is 14.7. The minimum Gasteiger partial charge on any atom is -0.261 e. The summed E-state index contributed by atoms with van der Waals surface area (Å²) in [6.07, 6.45) is 9.89. The van der Waals surface area contributed by atoms with Crippen molar-refractivity contribution in [3.8, 4) is 0 Å². The van der Waals surface area contributed by atoms with Gasteiger partial charge in [0.25, 0.3) is 0 Å². The predicted molar refractivity (Wildman–Crippen MR) is 91.4 cm³/mol. The molecule has 0 radical (unpaired) electrons. The summed E-state index contributed by atoms with van der Waals surface area (Å²) in [6, 6.07) is 4.54. The van der Waals surface area contributed by atoms with Crippen LogP contribution in [-0.4, -0.2) is 4.98 Å². The molecule has 2 rings (SSSR count). The molecule has 1 aliphatic rings. The third kappa shape index (κ3) is 5.80. The molecule has 0 unspecified atom stereocenters. The smallest absolute Gasteiger partial charge is 0.0409 e. The van der Waals surface area contributed by atoms with Crippen molar-refractivity contribution in [3.63, 3.8) is 0 Å². The van der Waals surface area contributed by atoms with Gasteiger partial charge >= 0.3 is 0 Å². The van der Waals surface area contributed by atoms with Crippen LogP contribution in [0.5, 0.6) is 0 Å². The Balaban J connectivity index is 1.80. The number of nitrogens with zero attached hydrogens (tertiary/aromatic N) is 1. The fraction of sp³-hybridized carbons (Fsp3) is 0.750. The quantitative estimate of drug-likeness (QED) is 0.656. The predicted octanol–water partition coefficient (Wildman–Crippen LogP) is 5.68. The zero-order valence-electron chi connectivity index (χ0n) is 14.7. The monoisotopic (exact) mass is 287 g/mol. The molecule has 1 aromatic heterocycles. The first-order valence-electron chi connectivity index (χ1n) is 8.75. The molecule has 1 saturated carbocycles. The SMILES string of the molecule is CC(C)CC1CC(Cc2cc(CCC(C)(C)C)ccn2)C1. The fourth-order valence-electron chi connectivity index (χ4n) is 3.51. The van der Waals surface area contributed by atoms with E-state index in [1.165, 1.54) is 49.8 Å². The maximum absolute atomic E-state index is 4.59. The molecule has 0 spiro atoms. The van der Waals surface area contributed by atoms with Gasteiger partial charge in [0.1, 0.15) is 0 Å². The highest BCUT2D eigenvalue weighted by molar-refractivity contribution is 5.17. The van der Waals surface area contributed by atoms with Crippen LogP contribution in [0.1, 0.15) is 71.6 Å². The lowest BCUT2D eigenvalue weighted by Crippen LogP contribution is -2.26. The Morgan fingerprint density at radius 2 is 1.90 bits per heavy atom. The van der Waals surface area contributed by atoms with E-state index in [2.05, 4.69) is 51.7 Å². The van der Waals surface area contributed by atoms with Crippen LogP contribution in [0.2, 0.25) is 0 Å². The molecular formula is C20H33N. The van der Waals surface area contributed by atoms with Crippen LogP contribution >= 0.6 is 0 Å². The summed E-state index contributed by atoms with van der Waals surface area (Å²) < 4.78 is 0. The average Bonchev–Trinajstić information content (AvgIpc) is 2.33. The van der Waals surface area contributed by atoms with Gasteiger partial charge in [0.15, 0.2) is 0 Å². The Hall–Kier alpha value is -0.850. The molecule has 0 atom stereocenters. The van der Waals surface area contributed by atoms with Crippen molar-refractivity contribution >= 4 is 0 Å². The fourth-order valence-corrected chi connectivity index (χ4v) is 3.51. The van der Waals surface area contributed by atoms with Gasteiger partial charge in [-0.05, 0) is 79.4 Å². The molecule has 1 aliphatic carbocycles. The van der Waals surface area contributed by atoms with Crippen LogP contribution in [0, 0.1) is 23.2 Å². The van der Waals surface area contributed by atoms with Gasteiger partial charge in [-0.1, -0.05) is 34.6 Å². The molecule has 1 nitrogen and oxygen atoms in total. The van der Waals surface area contributed by atoms with Crippen molar-refractivity contribution < 1.29 is 0 Å². The Bertz CT molecular complexity index is 435. The molecule has 0 saturated heterocycles. The second-order valence-electron chi connectivity index (χ2n) is 8.75. The Labute approximate surface area is 131 Å². The molecule has 118 valence electrons. The van der Waals surface area contributed by atoms with Gasteiger partial charge in [0.2, 0.25) is 0 Å². The number of aryl methyl sites for hydroxylation is 1. The van der Waals surface area contributed by atoms with E-state index in [9.17, 15) is 0 Å². The zero-order chi connectivity index (χ0) is 15.5. The first-order chi connectivity index (χ1) is 9.82. The van der Waals surface area contributed by atoms with Crippen molar-refractivity contribution in [1.82, 2.24) is 4.98 Å². The van der Waals surface area contributed by atoms with Crippen LogP contribution in [0.3, 0.4) is 0 Å². The lowest BCUT2D eigenvalue weighted by Gasteiger charge is -2.36. The van der Waals surface area contributed by atoms with E-state index in [1.807, 2.05) is 6.20 Å². The number of aromatic nitrogens is 1. The van der Waals surface area contributed by atoms with E-state index in [1.54, 1.807) is 0 Å². The summed E-state index contributed by atoms with van der Waals surface area (Å²) in [5.74, 6) is 2.73. The van der Waals surface area contributed by atoms with Crippen molar-refractivity contribution in [2.24, 2.45) is 23.2 Å². The third-order valence-corrected chi connectivity index (χ3v) is 4.68. The van der Waals surface area contributed by atoms with E-state index in [-0.39, 0.29) is 0 Å². The highest BCUT2D eigenvalue weighted by Gasteiger charge is 2.29. The Kier molecular flexibility index (Phi) is 5.46. The lowest BCUT2D eigenvalue weighted by atomic mass is 9.69. The van der Waals surface area contributed by atoms with E-state index in [4.69, 9.17) is 0 Å². The summed E-state index contributed by atoms with van der Waals surface area (Å²) in [4.78, 5) is 4.59. The van der Waals surface area contributed by atoms with Gasteiger partial charge in [-0.15, -0.1) is 0 Å². The van der Waals surface area contributed by atoms with Gasteiger partial charge in [-0.3, -0.25) is 4.98 Å². The van der Waals surface area contributed by atoms with Gasteiger partial charge < -0.3 is 0 Å². The first kappa shape index (κ1) is 16.5. The molecular weight excluding hydrogens is 254 g/mol.